The smallest absolute Gasteiger partial charge is 0.265 e. The number of hydrogen-bond acceptors (Lipinski definition) is 4. The minimum Gasteiger partial charge on any atom is -0.388 e. The number of nitrogens with zero attached hydrogens (tertiary/aromatic N) is 2. The molecule has 4 nitrogen and oxygen atoms in total. The van der Waals surface area contributed by atoms with Crippen LogP contribution >= 0.6 is 11.3 Å². The van der Waals surface area contributed by atoms with Crippen LogP contribution in [0.2, 0.25) is 0 Å². The Hall–Kier alpha value is -0.940. The highest BCUT2D eigenvalue weighted by molar-refractivity contribution is 7.11. The van der Waals surface area contributed by atoms with Crippen molar-refractivity contribution in [1.82, 2.24) is 9.88 Å². The highest BCUT2D eigenvalue weighted by Crippen LogP contribution is 2.42. The predicted molar refractivity (Wildman–Crippen MR) is 74.5 cm³/mol. The topological polar surface area (TPSA) is 53.4 Å². The van der Waals surface area contributed by atoms with E-state index in [2.05, 4.69) is 4.98 Å². The molecular weight excluding hydrogens is 260 g/mol. The second-order valence-electron chi connectivity index (χ2n) is 5.93. The predicted octanol–water partition coefficient (Wildman–Crippen LogP) is 2.40. The van der Waals surface area contributed by atoms with Gasteiger partial charge in [0.1, 0.15) is 4.88 Å². The van der Waals surface area contributed by atoms with Gasteiger partial charge in [0, 0.05) is 19.5 Å². The van der Waals surface area contributed by atoms with Gasteiger partial charge in [-0.1, -0.05) is 12.8 Å². The van der Waals surface area contributed by atoms with Crippen molar-refractivity contribution >= 4 is 17.2 Å². The average molecular weight is 280 g/mol. The van der Waals surface area contributed by atoms with Gasteiger partial charge in [-0.25, -0.2) is 4.98 Å². The second-order valence-corrected chi connectivity index (χ2v) is 6.79. The Morgan fingerprint density at radius 3 is 2.84 bits per heavy atom. The molecule has 1 aromatic rings. The summed E-state index contributed by atoms with van der Waals surface area (Å²) in [4.78, 5) is 19.3. The van der Waals surface area contributed by atoms with Gasteiger partial charge in [0.25, 0.3) is 5.91 Å². The molecule has 1 N–H and O–H groups in total. The Labute approximate surface area is 117 Å². The Morgan fingerprint density at radius 2 is 2.21 bits per heavy atom. The summed E-state index contributed by atoms with van der Waals surface area (Å²) >= 11 is 1.43. The van der Waals surface area contributed by atoms with Gasteiger partial charge in [-0.3, -0.25) is 4.79 Å². The Morgan fingerprint density at radius 1 is 1.53 bits per heavy atom. The molecule has 1 aromatic heterocycles. The van der Waals surface area contributed by atoms with Crippen LogP contribution in [0.5, 0.6) is 0 Å². The number of hydrogen-bond donors (Lipinski definition) is 1. The summed E-state index contributed by atoms with van der Waals surface area (Å²) in [5, 5.41) is 10.4. The van der Waals surface area contributed by atoms with Crippen molar-refractivity contribution in [2.45, 2.75) is 50.0 Å². The fourth-order valence-electron chi connectivity index (χ4n) is 2.94. The van der Waals surface area contributed by atoms with E-state index < -0.39 is 5.60 Å². The van der Waals surface area contributed by atoms with Crippen LogP contribution in [-0.4, -0.2) is 40.1 Å². The zero-order valence-electron chi connectivity index (χ0n) is 11.3. The maximum absolute atomic E-state index is 12.5. The van der Waals surface area contributed by atoms with Crippen LogP contribution in [0.25, 0.3) is 0 Å². The molecular formula is C14H20N2O2S. The standard InChI is InChI=1S/C14H20N2O2S/c1-16(8-14(18)6-2-3-7-14)13(17)12-11(10-4-5-10)15-9-19-12/h9-10,18H,2-8H2,1H3. The lowest BCUT2D eigenvalue weighted by Gasteiger charge is -2.28. The summed E-state index contributed by atoms with van der Waals surface area (Å²) in [6, 6.07) is 0. The number of aliphatic hydroxyl groups is 1. The maximum atomic E-state index is 12.5. The van der Waals surface area contributed by atoms with E-state index in [1.54, 1.807) is 17.5 Å². The normalized spacial score (nSPS) is 21.6. The summed E-state index contributed by atoms with van der Waals surface area (Å²) in [6.45, 7) is 0.438. The van der Waals surface area contributed by atoms with E-state index in [1.807, 2.05) is 0 Å². The van der Waals surface area contributed by atoms with Crippen molar-refractivity contribution in [2.75, 3.05) is 13.6 Å². The van der Waals surface area contributed by atoms with E-state index in [0.717, 1.165) is 49.1 Å². The van der Waals surface area contributed by atoms with Crippen LogP contribution in [-0.2, 0) is 0 Å². The summed E-state index contributed by atoms with van der Waals surface area (Å²) in [6.07, 6.45) is 6.04. The van der Waals surface area contributed by atoms with Crippen molar-refractivity contribution in [1.29, 1.82) is 0 Å². The van der Waals surface area contributed by atoms with E-state index in [1.165, 1.54) is 11.3 Å². The lowest BCUT2D eigenvalue weighted by molar-refractivity contribution is 0.0158. The summed E-state index contributed by atoms with van der Waals surface area (Å²) in [5.74, 6) is 0.512. The third kappa shape index (κ3) is 2.67. The SMILES string of the molecule is CN(CC1(O)CCCC1)C(=O)c1scnc1C1CC1. The fraction of sp³-hybridized carbons (Fsp3) is 0.714. The molecule has 0 saturated heterocycles. The van der Waals surface area contributed by atoms with Crippen LogP contribution in [0.1, 0.15) is 59.8 Å². The van der Waals surface area contributed by atoms with Crippen LogP contribution in [0, 0.1) is 0 Å². The quantitative estimate of drug-likeness (QED) is 0.921. The molecule has 0 radical (unpaired) electrons. The zero-order chi connectivity index (χ0) is 13.5. The van der Waals surface area contributed by atoms with E-state index in [0.29, 0.717) is 12.5 Å². The fourth-order valence-corrected chi connectivity index (χ4v) is 3.81. The van der Waals surface area contributed by atoms with Crippen LogP contribution < -0.4 is 0 Å². The first-order valence-electron chi connectivity index (χ1n) is 7.00. The molecule has 1 heterocycles. The van der Waals surface area contributed by atoms with E-state index in [4.69, 9.17) is 0 Å². The second kappa shape index (κ2) is 4.87. The van der Waals surface area contributed by atoms with Crippen molar-refractivity contribution in [3.63, 3.8) is 0 Å². The molecule has 0 aromatic carbocycles. The summed E-state index contributed by atoms with van der Waals surface area (Å²) in [5.41, 5.74) is 2.06. The third-order valence-electron chi connectivity index (χ3n) is 4.17. The van der Waals surface area contributed by atoms with Crippen molar-refractivity contribution < 1.29 is 9.90 Å². The highest BCUT2D eigenvalue weighted by Gasteiger charge is 2.36. The number of carbonyl (C=O) groups excluding carboxylic acids is 1. The molecule has 0 spiro atoms. The molecule has 0 unspecified atom stereocenters. The number of amides is 1. The molecule has 19 heavy (non-hydrogen) atoms. The largest absolute Gasteiger partial charge is 0.388 e. The van der Waals surface area contributed by atoms with Crippen molar-refractivity contribution in [3.8, 4) is 0 Å². The highest BCUT2D eigenvalue weighted by atomic mass is 32.1. The minimum atomic E-state index is -0.672. The molecule has 1 amide bonds. The first kappa shape index (κ1) is 13.1. The maximum Gasteiger partial charge on any atom is 0.265 e. The number of carbonyl (C=O) groups is 1. The first-order valence-corrected chi connectivity index (χ1v) is 7.88. The number of aromatic nitrogens is 1. The molecule has 0 aliphatic heterocycles. The van der Waals surface area contributed by atoms with Gasteiger partial charge in [-0.05, 0) is 25.7 Å². The lowest BCUT2D eigenvalue weighted by atomic mass is 10.0. The van der Waals surface area contributed by atoms with Gasteiger partial charge in [-0.2, -0.15) is 0 Å². The molecule has 2 fully saturated rings. The molecule has 2 aliphatic carbocycles. The molecule has 2 saturated carbocycles. The summed E-state index contributed by atoms with van der Waals surface area (Å²) in [7, 11) is 1.79. The van der Waals surface area contributed by atoms with E-state index in [9.17, 15) is 9.90 Å². The van der Waals surface area contributed by atoms with Crippen molar-refractivity contribution in [2.24, 2.45) is 0 Å². The Balaban J connectivity index is 1.70. The van der Waals surface area contributed by atoms with Gasteiger partial charge in [0.2, 0.25) is 0 Å². The molecule has 2 aliphatic rings. The Bertz CT molecular complexity index is 476. The minimum absolute atomic E-state index is 0.0183. The molecule has 3 rings (SSSR count). The lowest BCUT2D eigenvalue weighted by Crippen LogP contribution is -2.42. The first-order chi connectivity index (χ1) is 9.09. The van der Waals surface area contributed by atoms with Gasteiger partial charge in [-0.15, -0.1) is 11.3 Å². The third-order valence-corrected chi connectivity index (χ3v) is 5.00. The zero-order valence-corrected chi connectivity index (χ0v) is 12.1. The van der Waals surface area contributed by atoms with Gasteiger partial charge < -0.3 is 10.0 Å². The summed E-state index contributed by atoms with van der Waals surface area (Å²) < 4.78 is 0. The van der Waals surface area contributed by atoms with Gasteiger partial charge in [0.15, 0.2) is 0 Å². The Kier molecular flexibility index (Phi) is 3.35. The average Bonchev–Trinajstić information content (AvgIpc) is 2.95. The van der Waals surface area contributed by atoms with Gasteiger partial charge in [0.05, 0.1) is 16.8 Å². The van der Waals surface area contributed by atoms with Gasteiger partial charge >= 0.3 is 0 Å². The molecule has 5 heteroatoms. The van der Waals surface area contributed by atoms with Crippen LogP contribution in [0.3, 0.4) is 0 Å². The molecule has 0 atom stereocenters. The van der Waals surface area contributed by atoms with E-state index in [-0.39, 0.29) is 5.91 Å². The van der Waals surface area contributed by atoms with E-state index >= 15 is 0 Å². The number of likely N-dealkylation sites (N-methyl/N-ethyl adjacent to an activating group) is 1. The number of rotatable bonds is 4. The van der Waals surface area contributed by atoms with Crippen LogP contribution in [0.15, 0.2) is 5.51 Å². The molecule has 0 bridgehead atoms. The molecule has 104 valence electrons. The van der Waals surface area contributed by atoms with Crippen LogP contribution in [0.4, 0.5) is 0 Å². The van der Waals surface area contributed by atoms with Crippen molar-refractivity contribution in [3.05, 3.63) is 16.1 Å². The monoisotopic (exact) mass is 280 g/mol. The number of thiazole rings is 1.